The van der Waals surface area contributed by atoms with Crippen molar-refractivity contribution in [2.45, 2.75) is 53.1 Å². The molecule has 0 unspecified atom stereocenters. The largest absolute Gasteiger partial charge is 0.493 e. The Labute approximate surface area is 187 Å². The number of nitrogens with zero attached hydrogens (tertiary/aromatic N) is 3. The number of benzene rings is 1. The van der Waals surface area contributed by atoms with Crippen molar-refractivity contribution in [3.63, 3.8) is 0 Å². The summed E-state index contributed by atoms with van der Waals surface area (Å²) >= 11 is 0. The molecule has 1 N–H and O–H groups in total. The van der Waals surface area contributed by atoms with Crippen LogP contribution >= 0.6 is 0 Å². The minimum Gasteiger partial charge on any atom is -0.493 e. The Balaban J connectivity index is 1.85. The summed E-state index contributed by atoms with van der Waals surface area (Å²) in [6.45, 7) is 9.65. The molecule has 7 nitrogen and oxygen atoms in total. The number of carbonyl (C=O) groups is 1. The lowest BCUT2D eigenvalue weighted by molar-refractivity contribution is 0.0693. The summed E-state index contributed by atoms with van der Waals surface area (Å²) in [6.07, 6.45) is 3.51. The van der Waals surface area contributed by atoms with Gasteiger partial charge < -0.3 is 14.4 Å². The smallest absolute Gasteiger partial charge is 0.341 e. The van der Waals surface area contributed by atoms with Crippen LogP contribution in [-0.2, 0) is 6.54 Å². The molecule has 0 bridgehead atoms. The fourth-order valence-electron chi connectivity index (χ4n) is 4.14. The lowest BCUT2D eigenvalue weighted by Crippen LogP contribution is -2.35. The number of fused-ring (bicyclic) bond motifs is 3. The average molecular weight is 436 g/mol. The molecule has 0 aliphatic carbocycles. The van der Waals surface area contributed by atoms with Gasteiger partial charge >= 0.3 is 5.97 Å². The molecule has 3 aromatic rings. The second-order valence-corrected chi connectivity index (χ2v) is 9.33. The van der Waals surface area contributed by atoms with Crippen molar-refractivity contribution in [3.05, 3.63) is 58.4 Å². The number of aromatic carboxylic acids is 1. The summed E-state index contributed by atoms with van der Waals surface area (Å²) < 4.78 is 9.85. The SMILES string of the molecule is CCCCOc1ccccc1-c1cc2n(n1)C[C@@H](C(C)(C)C)n1cc(C(=O)O)c(=O)cc1-2. The second kappa shape index (κ2) is 8.30. The van der Waals surface area contributed by atoms with Gasteiger partial charge in [0.2, 0.25) is 0 Å². The standard InChI is InChI=1S/C25H29N3O4/c1-5-6-11-32-22-10-8-7-9-16(22)18-12-20-19-13-21(29)17(24(30)31)14-27(19)23(25(2,3)4)15-28(20)26-18/h7-10,12-14,23H,5-6,11,15H2,1-4H3,(H,30,31)/t23-/m0/s1. The molecule has 0 amide bonds. The summed E-state index contributed by atoms with van der Waals surface area (Å²) in [5.41, 5.74) is 2.23. The number of ether oxygens (including phenoxy) is 1. The van der Waals surface area contributed by atoms with Crippen LogP contribution in [0.1, 0.15) is 56.9 Å². The molecule has 1 atom stereocenters. The fourth-order valence-corrected chi connectivity index (χ4v) is 4.14. The quantitative estimate of drug-likeness (QED) is 0.559. The highest BCUT2D eigenvalue weighted by molar-refractivity contribution is 5.87. The van der Waals surface area contributed by atoms with Crippen molar-refractivity contribution in [1.82, 2.24) is 14.3 Å². The van der Waals surface area contributed by atoms with Gasteiger partial charge in [0.05, 0.1) is 36.3 Å². The Morgan fingerprint density at radius 2 is 1.97 bits per heavy atom. The first-order chi connectivity index (χ1) is 15.2. The first-order valence-electron chi connectivity index (χ1n) is 11.0. The van der Waals surface area contributed by atoms with Crippen molar-refractivity contribution < 1.29 is 14.6 Å². The predicted molar refractivity (Wildman–Crippen MR) is 123 cm³/mol. The number of hydrogen-bond acceptors (Lipinski definition) is 4. The lowest BCUT2D eigenvalue weighted by atomic mass is 9.85. The highest BCUT2D eigenvalue weighted by Gasteiger charge is 2.34. The first-order valence-corrected chi connectivity index (χ1v) is 11.0. The number of carboxylic acids is 1. The molecule has 0 radical (unpaired) electrons. The van der Waals surface area contributed by atoms with Crippen molar-refractivity contribution in [2.75, 3.05) is 6.61 Å². The first kappa shape index (κ1) is 21.9. The van der Waals surface area contributed by atoms with E-state index in [1.54, 1.807) is 0 Å². The van der Waals surface area contributed by atoms with E-state index in [0.717, 1.165) is 35.5 Å². The zero-order valence-electron chi connectivity index (χ0n) is 19.0. The minimum absolute atomic E-state index is 0.0625. The molecule has 0 fully saturated rings. The predicted octanol–water partition coefficient (Wildman–Crippen LogP) is 4.86. The second-order valence-electron chi connectivity index (χ2n) is 9.33. The normalized spacial score (nSPS) is 15.2. The number of rotatable bonds is 6. The van der Waals surface area contributed by atoms with Crippen LogP contribution in [0.4, 0.5) is 0 Å². The van der Waals surface area contributed by atoms with Crippen LogP contribution in [0, 0.1) is 5.41 Å². The van der Waals surface area contributed by atoms with Gasteiger partial charge in [0, 0.05) is 17.8 Å². The monoisotopic (exact) mass is 435 g/mol. The molecule has 168 valence electrons. The van der Waals surface area contributed by atoms with Gasteiger partial charge in [-0.15, -0.1) is 0 Å². The van der Waals surface area contributed by atoms with Crippen molar-refractivity contribution in [1.29, 1.82) is 0 Å². The molecule has 4 rings (SSSR count). The molecule has 1 aliphatic rings. The van der Waals surface area contributed by atoms with E-state index in [0.29, 0.717) is 18.8 Å². The van der Waals surface area contributed by atoms with Crippen LogP contribution in [0.5, 0.6) is 5.75 Å². The van der Waals surface area contributed by atoms with Crippen molar-refractivity contribution >= 4 is 5.97 Å². The summed E-state index contributed by atoms with van der Waals surface area (Å²) in [7, 11) is 0. The molecular weight excluding hydrogens is 406 g/mol. The number of aromatic nitrogens is 3. The summed E-state index contributed by atoms with van der Waals surface area (Å²) in [4.78, 5) is 24.1. The van der Waals surface area contributed by atoms with Gasteiger partial charge in [-0.2, -0.15) is 5.10 Å². The number of unbranched alkanes of at least 4 members (excludes halogenated alkanes) is 1. The maximum absolute atomic E-state index is 12.5. The fraction of sp³-hybridized carbons (Fsp3) is 0.400. The van der Waals surface area contributed by atoms with E-state index >= 15 is 0 Å². The third-order valence-corrected chi connectivity index (χ3v) is 5.95. The average Bonchev–Trinajstić information content (AvgIpc) is 3.17. The van der Waals surface area contributed by atoms with E-state index in [-0.39, 0.29) is 17.0 Å². The summed E-state index contributed by atoms with van der Waals surface area (Å²) in [5, 5.41) is 14.3. The van der Waals surface area contributed by atoms with Gasteiger partial charge in [-0.05, 0) is 30.0 Å². The van der Waals surface area contributed by atoms with Gasteiger partial charge in [0.15, 0.2) is 5.43 Å². The summed E-state index contributed by atoms with van der Waals surface area (Å²) in [6, 6.07) is 11.1. The Morgan fingerprint density at radius 1 is 1.22 bits per heavy atom. The minimum atomic E-state index is -1.21. The Bertz CT molecular complexity index is 1220. The van der Waals surface area contributed by atoms with E-state index in [4.69, 9.17) is 9.84 Å². The number of para-hydroxylation sites is 1. The van der Waals surface area contributed by atoms with Crippen LogP contribution in [0.2, 0.25) is 0 Å². The van der Waals surface area contributed by atoms with Crippen LogP contribution in [0.25, 0.3) is 22.6 Å². The molecule has 0 saturated carbocycles. The molecule has 32 heavy (non-hydrogen) atoms. The van der Waals surface area contributed by atoms with Crippen LogP contribution in [-0.4, -0.2) is 32.0 Å². The number of pyridine rings is 1. The molecular formula is C25H29N3O4. The van der Waals surface area contributed by atoms with E-state index in [1.807, 2.05) is 39.6 Å². The molecule has 0 spiro atoms. The van der Waals surface area contributed by atoms with Gasteiger partial charge in [0.1, 0.15) is 11.3 Å². The Kier molecular flexibility index (Phi) is 5.67. The molecule has 3 heterocycles. The zero-order chi connectivity index (χ0) is 23.0. The van der Waals surface area contributed by atoms with Crippen molar-refractivity contribution in [2.24, 2.45) is 5.41 Å². The van der Waals surface area contributed by atoms with Crippen LogP contribution < -0.4 is 10.2 Å². The molecule has 0 saturated heterocycles. The maximum atomic E-state index is 12.5. The molecule has 1 aliphatic heterocycles. The third kappa shape index (κ3) is 3.95. The van der Waals surface area contributed by atoms with Crippen LogP contribution in [0.15, 0.2) is 47.4 Å². The highest BCUT2D eigenvalue weighted by atomic mass is 16.5. The highest BCUT2D eigenvalue weighted by Crippen LogP contribution is 2.41. The zero-order valence-corrected chi connectivity index (χ0v) is 19.0. The molecule has 2 aromatic heterocycles. The number of carboxylic acid groups (broad SMARTS) is 1. The van der Waals surface area contributed by atoms with E-state index in [9.17, 15) is 14.7 Å². The topological polar surface area (TPSA) is 86.3 Å². The van der Waals surface area contributed by atoms with Crippen molar-refractivity contribution in [3.8, 4) is 28.4 Å². The van der Waals surface area contributed by atoms with E-state index in [1.165, 1.54) is 12.3 Å². The van der Waals surface area contributed by atoms with E-state index < -0.39 is 11.4 Å². The Morgan fingerprint density at radius 3 is 2.66 bits per heavy atom. The van der Waals surface area contributed by atoms with Gasteiger partial charge in [0.25, 0.3) is 0 Å². The van der Waals surface area contributed by atoms with Gasteiger partial charge in [-0.25, -0.2) is 4.79 Å². The Hall–Kier alpha value is -3.35. The third-order valence-electron chi connectivity index (χ3n) is 5.95. The van der Waals surface area contributed by atoms with Gasteiger partial charge in [-0.1, -0.05) is 46.2 Å². The molecule has 1 aromatic carbocycles. The molecule has 7 heteroatoms. The van der Waals surface area contributed by atoms with Gasteiger partial charge in [-0.3, -0.25) is 9.48 Å². The van der Waals surface area contributed by atoms with Crippen LogP contribution in [0.3, 0.4) is 0 Å². The maximum Gasteiger partial charge on any atom is 0.341 e. The lowest BCUT2D eigenvalue weighted by Gasteiger charge is -2.38. The summed E-state index contributed by atoms with van der Waals surface area (Å²) in [5.74, 6) is -0.432. The van der Waals surface area contributed by atoms with E-state index in [2.05, 4.69) is 27.7 Å². The number of hydrogen-bond donors (Lipinski definition) is 1.